The summed E-state index contributed by atoms with van der Waals surface area (Å²) in [5, 5.41) is 3.78. The highest BCUT2D eigenvalue weighted by Crippen LogP contribution is 2.43. The highest BCUT2D eigenvalue weighted by Gasteiger charge is 2.53. The van der Waals surface area contributed by atoms with Crippen LogP contribution in [0.1, 0.15) is 62.0 Å². The predicted octanol–water partition coefficient (Wildman–Crippen LogP) is 5.65. The SMILES string of the molecule is COC(=O)N1C(COC2CCC(c3cccc(F)c3)CC2)C(NCc2ccc(OC)cc2)[C@H]2CCC[C@H]21. The number of halogens is 1. The first-order valence-electron chi connectivity index (χ1n) is 13.7. The van der Waals surface area contributed by atoms with Crippen LogP contribution in [0.25, 0.3) is 0 Å². The van der Waals surface area contributed by atoms with Gasteiger partial charge in [0, 0.05) is 18.6 Å². The summed E-state index contributed by atoms with van der Waals surface area (Å²) in [6.45, 7) is 1.22. The van der Waals surface area contributed by atoms with Gasteiger partial charge in [0.05, 0.1) is 33.0 Å². The van der Waals surface area contributed by atoms with Crippen molar-refractivity contribution in [3.8, 4) is 5.75 Å². The summed E-state index contributed by atoms with van der Waals surface area (Å²) < 4.78 is 30.7. The minimum atomic E-state index is -0.256. The molecule has 1 amide bonds. The van der Waals surface area contributed by atoms with Crippen LogP contribution in [-0.4, -0.2) is 56.0 Å². The van der Waals surface area contributed by atoms with E-state index >= 15 is 0 Å². The Labute approximate surface area is 219 Å². The fraction of sp³-hybridized carbons (Fsp3) is 0.567. The van der Waals surface area contributed by atoms with E-state index in [-0.39, 0.29) is 36.1 Å². The Morgan fingerprint density at radius 2 is 1.81 bits per heavy atom. The Kier molecular flexibility index (Phi) is 8.30. The first-order valence-corrected chi connectivity index (χ1v) is 13.7. The van der Waals surface area contributed by atoms with Crippen LogP contribution >= 0.6 is 0 Å². The maximum absolute atomic E-state index is 13.7. The number of ether oxygens (including phenoxy) is 3. The highest BCUT2D eigenvalue weighted by atomic mass is 19.1. The van der Waals surface area contributed by atoms with Crippen LogP contribution in [0.5, 0.6) is 5.75 Å². The topological polar surface area (TPSA) is 60.0 Å². The van der Waals surface area contributed by atoms with E-state index < -0.39 is 0 Å². The number of carbonyl (C=O) groups excluding carboxylic acids is 1. The number of likely N-dealkylation sites (tertiary alicyclic amines) is 1. The number of hydrogen-bond acceptors (Lipinski definition) is 5. The van der Waals surface area contributed by atoms with Gasteiger partial charge in [-0.1, -0.05) is 30.7 Å². The van der Waals surface area contributed by atoms with Gasteiger partial charge in [0.2, 0.25) is 0 Å². The van der Waals surface area contributed by atoms with E-state index in [9.17, 15) is 9.18 Å². The second-order valence-corrected chi connectivity index (χ2v) is 10.7. The molecule has 2 aromatic rings. The summed E-state index contributed by atoms with van der Waals surface area (Å²) in [5.74, 6) is 1.45. The molecule has 2 aromatic carbocycles. The van der Waals surface area contributed by atoms with Gasteiger partial charge < -0.3 is 19.5 Å². The number of nitrogens with zero attached hydrogens (tertiary/aromatic N) is 1. The molecule has 3 fully saturated rings. The van der Waals surface area contributed by atoms with Crippen molar-refractivity contribution in [2.24, 2.45) is 5.92 Å². The summed E-state index contributed by atoms with van der Waals surface area (Å²) in [6.07, 6.45) is 7.02. The second-order valence-electron chi connectivity index (χ2n) is 10.7. The van der Waals surface area contributed by atoms with Crippen LogP contribution in [0, 0.1) is 11.7 Å². The van der Waals surface area contributed by atoms with E-state index in [2.05, 4.69) is 17.4 Å². The van der Waals surface area contributed by atoms with Gasteiger partial charge in [0.1, 0.15) is 11.6 Å². The largest absolute Gasteiger partial charge is 0.497 e. The van der Waals surface area contributed by atoms with Gasteiger partial charge >= 0.3 is 6.09 Å². The van der Waals surface area contributed by atoms with Crippen LogP contribution in [0.4, 0.5) is 9.18 Å². The fourth-order valence-corrected chi connectivity index (χ4v) is 6.82. The van der Waals surface area contributed by atoms with E-state index in [0.717, 1.165) is 62.8 Å². The molecule has 0 radical (unpaired) electrons. The molecule has 1 saturated heterocycles. The Hall–Kier alpha value is -2.64. The van der Waals surface area contributed by atoms with Crippen LogP contribution in [0.15, 0.2) is 48.5 Å². The van der Waals surface area contributed by atoms with Gasteiger partial charge in [-0.3, -0.25) is 4.90 Å². The lowest BCUT2D eigenvalue weighted by Crippen LogP contribution is -2.50. The number of hydrogen-bond donors (Lipinski definition) is 1. The molecule has 200 valence electrons. The molecule has 37 heavy (non-hydrogen) atoms. The van der Waals surface area contributed by atoms with Crippen molar-refractivity contribution in [3.63, 3.8) is 0 Å². The van der Waals surface area contributed by atoms with Crippen LogP contribution in [-0.2, 0) is 16.0 Å². The molecule has 7 heteroatoms. The molecule has 2 saturated carbocycles. The zero-order valence-electron chi connectivity index (χ0n) is 21.9. The van der Waals surface area contributed by atoms with Gasteiger partial charge in [-0.25, -0.2) is 9.18 Å². The number of benzene rings is 2. The van der Waals surface area contributed by atoms with E-state index in [0.29, 0.717) is 18.4 Å². The molecular formula is C30H39FN2O4. The van der Waals surface area contributed by atoms with Crippen molar-refractivity contribution in [2.45, 2.75) is 81.6 Å². The van der Waals surface area contributed by atoms with E-state index in [1.54, 1.807) is 19.2 Å². The summed E-state index contributed by atoms with van der Waals surface area (Å²) in [5.41, 5.74) is 2.27. The number of amides is 1. The summed E-state index contributed by atoms with van der Waals surface area (Å²) in [7, 11) is 3.14. The Balaban J connectivity index is 1.23. The molecule has 3 aliphatic rings. The zero-order valence-corrected chi connectivity index (χ0v) is 21.9. The maximum atomic E-state index is 13.7. The average Bonchev–Trinajstić information content (AvgIpc) is 3.51. The van der Waals surface area contributed by atoms with Crippen molar-refractivity contribution < 1.29 is 23.4 Å². The van der Waals surface area contributed by atoms with Gasteiger partial charge in [-0.2, -0.15) is 0 Å². The molecular weight excluding hydrogens is 471 g/mol. The number of carbonyl (C=O) groups is 1. The Bertz CT molecular complexity index is 1040. The molecule has 0 bridgehead atoms. The monoisotopic (exact) mass is 510 g/mol. The third kappa shape index (κ3) is 5.78. The summed E-state index contributed by atoms with van der Waals surface area (Å²) >= 11 is 0. The third-order valence-electron chi connectivity index (χ3n) is 8.71. The van der Waals surface area contributed by atoms with Gasteiger partial charge in [0.15, 0.2) is 0 Å². The number of nitrogens with one attached hydrogen (secondary N) is 1. The molecule has 1 N–H and O–H groups in total. The quantitative estimate of drug-likeness (QED) is 0.497. The van der Waals surface area contributed by atoms with Gasteiger partial charge in [0.25, 0.3) is 0 Å². The van der Waals surface area contributed by atoms with E-state index in [1.165, 1.54) is 18.7 Å². The molecule has 0 spiro atoms. The number of methoxy groups -OCH3 is 2. The molecule has 2 aliphatic carbocycles. The number of fused-ring (bicyclic) bond motifs is 1. The minimum Gasteiger partial charge on any atom is -0.497 e. The molecule has 6 nitrogen and oxygen atoms in total. The standard InChI is InChI=1S/C30H39FN2O4/c1-35-24-13-9-20(10-14-24)18-32-29-26-7-4-8-27(26)33(30(34)36-2)28(29)19-37-25-15-11-21(12-16-25)22-5-3-6-23(31)17-22/h3,5-6,9-10,13-14,17,21,25-29,32H,4,7-8,11-12,15-16,18-19H2,1-2H3/t21?,25?,26-,27+,28?,29?/m0/s1. The first kappa shape index (κ1) is 26.0. The molecule has 1 aliphatic heterocycles. The average molecular weight is 511 g/mol. The van der Waals surface area contributed by atoms with Gasteiger partial charge in [-0.15, -0.1) is 0 Å². The van der Waals surface area contributed by atoms with Crippen molar-refractivity contribution in [3.05, 3.63) is 65.5 Å². The molecule has 4 atom stereocenters. The molecule has 0 aromatic heterocycles. The van der Waals surface area contributed by atoms with E-state index in [4.69, 9.17) is 14.2 Å². The normalized spacial score (nSPS) is 29.2. The molecule has 1 heterocycles. The van der Waals surface area contributed by atoms with Crippen molar-refractivity contribution in [1.82, 2.24) is 10.2 Å². The van der Waals surface area contributed by atoms with Crippen molar-refractivity contribution in [1.29, 1.82) is 0 Å². The lowest BCUT2D eigenvalue weighted by atomic mass is 9.82. The number of rotatable bonds is 8. The Morgan fingerprint density at radius 1 is 1.03 bits per heavy atom. The lowest BCUT2D eigenvalue weighted by molar-refractivity contribution is -0.0109. The molecule has 5 rings (SSSR count). The first-order chi connectivity index (χ1) is 18.1. The zero-order chi connectivity index (χ0) is 25.8. The summed E-state index contributed by atoms with van der Waals surface area (Å²) in [4.78, 5) is 14.9. The highest BCUT2D eigenvalue weighted by molar-refractivity contribution is 5.69. The Morgan fingerprint density at radius 3 is 2.51 bits per heavy atom. The third-order valence-corrected chi connectivity index (χ3v) is 8.71. The smallest absolute Gasteiger partial charge is 0.410 e. The van der Waals surface area contributed by atoms with E-state index in [1.807, 2.05) is 23.1 Å². The van der Waals surface area contributed by atoms with Crippen LogP contribution in [0.2, 0.25) is 0 Å². The fourth-order valence-electron chi connectivity index (χ4n) is 6.82. The lowest BCUT2D eigenvalue weighted by Gasteiger charge is -2.34. The van der Waals surface area contributed by atoms with Gasteiger partial charge in [-0.05, 0) is 85.8 Å². The van der Waals surface area contributed by atoms with Crippen LogP contribution < -0.4 is 10.1 Å². The molecule has 2 unspecified atom stereocenters. The minimum absolute atomic E-state index is 0.0676. The summed E-state index contributed by atoms with van der Waals surface area (Å²) in [6, 6.07) is 15.4. The van der Waals surface area contributed by atoms with Crippen LogP contribution in [0.3, 0.4) is 0 Å². The second kappa shape index (κ2) is 11.8. The predicted molar refractivity (Wildman–Crippen MR) is 140 cm³/mol. The van der Waals surface area contributed by atoms with Crippen molar-refractivity contribution >= 4 is 6.09 Å². The van der Waals surface area contributed by atoms with Crippen molar-refractivity contribution in [2.75, 3.05) is 20.8 Å². The maximum Gasteiger partial charge on any atom is 0.410 e.